The summed E-state index contributed by atoms with van der Waals surface area (Å²) >= 11 is 0. The van der Waals surface area contributed by atoms with Gasteiger partial charge in [0.1, 0.15) is 16.9 Å². The lowest BCUT2D eigenvalue weighted by atomic mass is 10.2. The average Bonchev–Trinajstić information content (AvgIpc) is 2.88. The Bertz CT molecular complexity index is 919. The predicted molar refractivity (Wildman–Crippen MR) is 96.5 cm³/mol. The minimum atomic E-state index is -0.474. The van der Waals surface area contributed by atoms with Gasteiger partial charge in [-0.1, -0.05) is 19.1 Å². The fraction of sp³-hybridized carbons (Fsp3) is 0.389. The number of rotatable bonds is 6. The second-order valence-corrected chi connectivity index (χ2v) is 5.91. The minimum Gasteiger partial charge on any atom is -0.459 e. The van der Waals surface area contributed by atoms with Crippen molar-refractivity contribution >= 4 is 34.0 Å². The molecule has 0 spiro atoms. The molecule has 2 N–H and O–H groups in total. The summed E-state index contributed by atoms with van der Waals surface area (Å²) in [4.78, 5) is 21.9. The highest BCUT2D eigenvalue weighted by molar-refractivity contribution is 6.08. The fourth-order valence-corrected chi connectivity index (χ4v) is 2.65. The van der Waals surface area contributed by atoms with E-state index < -0.39 is 5.97 Å². The van der Waals surface area contributed by atoms with Crippen LogP contribution in [0.2, 0.25) is 0 Å². The van der Waals surface area contributed by atoms with Crippen molar-refractivity contribution in [3.05, 3.63) is 29.8 Å². The zero-order valence-corrected chi connectivity index (χ0v) is 14.7. The van der Waals surface area contributed by atoms with Crippen LogP contribution in [-0.4, -0.2) is 40.3 Å². The lowest BCUT2D eigenvalue weighted by molar-refractivity contribution is 0.0337. The molecule has 1 atom stereocenters. The van der Waals surface area contributed by atoms with Crippen molar-refractivity contribution in [1.29, 1.82) is 0 Å². The first kappa shape index (κ1) is 17.2. The zero-order valence-electron chi connectivity index (χ0n) is 14.7. The van der Waals surface area contributed by atoms with E-state index >= 15 is 0 Å². The van der Waals surface area contributed by atoms with Gasteiger partial charge in [0.15, 0.2) is 5.65 Å². The van der Waals surface area contributed by atoms with E-state index in [-0.39, 0.29) is 11.7 Å². The number of carbonyl (C=O) groups excluding carboxylic acids is 1. The maximum absolute atomic E-state index is 12.7. The van der Waals surface area contributed by atoms with Crippen molar-refractivity contribution in [3.63, 3.8) is 0 Å². The van der Waals surface area contributed by atoms with Gasteiger partial charge >= 0.3 is 5.97 Å². The molecule has 0 aliphatic heterocycles. The number of carbonyl (C=O) groups is 1. The maximum Gasteiger partial charge on any atom is 0.344 e. The van der Waals surface area contributed by atoms with E-state index in [0.29, 0.717) is 35.7 Å². The summed E-state index contributed by atoms with van der Waals surface area (Å²) in [6, 6.07) is 7.51. The number of nitrogens with zero attached hydrogens (tertiary/aromatic N) is 3. The van der Waals surface area contributed by atoms with E-state index in [0.717, 1.165) is 11.9 Å². The second kappa shape index (κ2) is 7.06. The summed E-state index contributed by atoms with van der Waals surface area (Å²) in [6.07, 6.45) is 0.528. The third kappa shape index (κ3) is 3.15. The van der Waals surface area contributed by atoms with Crippen LogP contribution in [0.25, 0.3) is 22.2 Å². The Labute approximate surface area is 145 Å². The van der Waals surface area contributed by atoms with E-state index in [1.165, 1.54) is 0 Å². The first-order valence-corrected chi connectivity index (χ1v) is 8.31. The van der Waals surface area contributed by atoms with Gasteiger partial charge in [0.25, 0.3) is 0 Å². The number of benzene rings is 1. The number of para-hydroxylation sites is 2. The van der Waals surface area contributed by atoms with Crippen molar-refractivity contribution < 1.29 is 14.3 Å². The molecule has 2 heterocycles. The summed E-state index contributed by atoms with van der Waals surface area (Å²) in [5.41, 5.74) is 9.00. The van der Waals surface area contributed by atoms with Gasteiger partial charge in [0.2, 0.25) is 0 Å². The van der Waals surface area contributed by atoms with Crippen LogP contribution in [0.3, 0.4) is 0 Å². The number of methoxy groups -OCH3 is 1. The Kier molecular flexibility index (Phi) is 4.85. The molecule has 0 aliphatic carbocycles. The van der Waals surface area contributed by atoms with Crippen LogP contribution in [0.5, 0.6) is 0 Å². The highest BCUT2D eigenvalue weighted by atomic mass is 16.5. The summed E-state index contributed by atoms with van der Waals surface area (Å²) in [5.74, 6) is -0.173. The second-order valence-electron chi connectivity index (χ2n) is 5.91. The van der Waals surface area contributed by atoms with Crippen LogP contribution < -0.4 is 5.73 Å². The van der Waals surface area contributed by atoms with Crippen molar-refractivity contribution in [1.82, 2.24) is 14.5 Å². The van der Waals surface area contributed by atoms with Gasteiger partial charge in [0, 0.05) is 13.7 Å². The molecule has 7 nitrogen and oxygen atoms in total. The van der Waals surface area contributed by atoms with Crippen LogP contribution >= 0.6 is 0 Å². The van der Waals surface area contributed by atoms with E-state index in [4.69, 9.17) is 15.2 Å². The average molecular weight is 342 g/mol. The third-order valence-corrected chi connectivity index (χ3v) is 4.20. The Hall–Kier alpha value is -2.67. The number of aromatic nitrogens is 3. The molecule has 25 heavy (non-hydrogen) atoms. The SMILES string of the molecule is CC[C@@H](C)OC(=O)c1c(N)n(CCOC)c2nc3ccccc3nc12. The summed E-state index contributed by atoms with van der Waals surface area (Å²) in [6.45, 7) is 4.72. The molecular formula is C18H22N4O3. The summed E-state index contributed by atoms with van der Waals surface area (Å²) in [7, 11) is 1.61. The van der Waals surface area contributed by atoms with E-state index in [1.807, 2.05) is 38.1 Å². The molecule has 7 heteroatoms. The molecule has 1 aromatic carbocycles. The molecule has 0 bridgehead atoms. The van der Waals surface area contributed by atoms with Crippen molar-refractivity contribution in [2.45, 2.75) is 32.9 Å². The summed E-state index contributed by atoms with van der Waals surface area (Å²) in [5, 5.41) is 0. The highest BCUT2D eigenvalue weighted by Crippen LogP contribution is 2.28. The lowest BCUT2D eigenvalue weighted by Crippen LogP contribution is -2.16. The van der Waals surface area contributed by atoms with Gasteiger partial charge in [-0.05, 0) is 25.5 Å². The van der Waals surface area contributed by atoms with Crippen molar-refractivity contribution in [2.24, 2.45) is 0 Å². The highest BCUT2D eigenvalue weighted by Gasteiger charge is 2.25. The summed E-state index contributed by atoms with van der Waals surface area (Å²) < 4.78 is 12.4. The Morgan fingerprint density at radius 1 is 1.28 bits per heavy atom. The van der Waals surface area contributed by atoms with Crippen LogP contribution in [0.4, 0.5) is 5.82 Å². The largest absolute Gasteiger partial charge is 0.459 e. The van der Waals surface area contributed by atoms with Crippen LogP contribution in [0, 0.1) is 0 Å². The number of fused-ring (bicyclic) bond motifs is 2. The molecule has 0 saturated heterocycles. The van der Waals surface area contributed by atoms with Crippen LogP contribution in [0.1, 0.15) is 30.6 Å². The first-order chi connectivity index (χ1) is 12.1. The van der Waals surface area contributed by atoms with E-state index in [2.05, 4.69) is 9.97 Å². The van der Waals surface area contributed by atoms with Gasteiger partial charge in [-0.15, -0.1) is 0 Å². The quantitative estimate of drug-likeness (QED) is 0.693. The molecule has 0 radical (unpaired) electrons. The molecule has 0 aliphatic rings. The standard InChI is InChI=1S/C18H22N4O3/c1-4-11(2)25-18(23)14-15-17(22(16(14)19)9-10-24-3)21-13-8-6-5-7-12(13)20-15/h5-8,11H,4,9-10,19H2,1-3H3/t11-/m1/s1. The molecule has 132 valence electrons. The molecular weight excluding hydrogens is 320 g/mol. The fourth-order valence-electron chi connectivity index (χ4n) is 2.65. The number of ether oxygens (including phenoxy) is 2. The van der Waals surface area contributed by atoms with E-state index in [9.17, 15) is 4.79 Å². The van der Waals surface area contributed by atoms with Crippen molar-refractivity contribution in [3.8, 4) is 0 Å². The molecule has 3 aromatic rings. The lowest BCUT2D eigenvalue weighted by Gasteiger charge is -2.11. The van der Waals surface area contributed by atoms with Gasteiger partial charge in [-0.25, -0.2) is 14.8 Å². The molecule has 0 fully saturated rings. The van der Waals surface area contributed by atoms with Gasteiger partial charge in [-0.2, -0.15) is 0 Å². The Morgan fingerprint density at radius 3 is 2.60 bits per heavy atom. The minimum absolute atomic E-state index is 0.197. The van der Waals surface area contributed by atoms with E-state index in [1.54, 1.807) is 11.7 Å². The van der Waals surface area contributed by atoms with Crippen molar-refractivity contribution in [2.75, 3.05) is 19.5 Å². The van der Waals surface area contributed by atoms with Gasteiger partial charge < -0.3 is 19.8 Å². The van der Waals surface area contributed by atoms with Gasteiger partial charge in [0.05, 0.1) is 23.7 Å². The van der Waals surface area contributed by atoms with Crippen LogP contribution in [-0.2, 0) is 16.0 Å². The molecule has 0 amide bonds. The molecule has 2 aromatic heterocycles. The number of nitrogen functional groups attached to an aromatic ring is 1. The normalized spacial score (nSPS) is 12.6. The first-order valence-electron chi connectivity index (χ1n) is 8.31. The number of hydrogen-bond acceptors (Lipinski definition) is 6. The number of nitrogens with two attached hydrogens (primary N) is 1. The topological polar surface area (TPSA) is 92.3 Å². The maximum atomic E-state index is 12.7. The Balaban J connectivity index is 2.21. The predicted octanol–water partition coefficient (Wildman–Crippen LogP) is 2.77. The molecule has 3 rings (SSSR count). The number of hydrogen-bond donors (Lipinski definition) is 1. The number of anilines is 1. The molecule has 0 unspecified atom stereocenters. The van der Waals surface area contributed by atoms with Crippen LogP contribution in [0.15, 0.2) is 24.3 Å². The molecule has 0 saturated carbocycles. The van der Waals surface area contributed by atoms with Gasteiger partial charge in [-0.3, -0.25) is 0 Å². The zero-order chi connectivity index (χ0) is 18.0. The Morgan fingerprint density at radius 2 is 1.96 bits per heavy atom. The monoisotopic (exact) mass is 342 g/mol. The number of esters is 1. The third-order valence-electron chi connectivity index (χ3n) is 4.20. The smallest absolute Gasteiger partial charge is 0.344 e.